The van der Waals surface area contributed by atoms with E-state index in [0.29, 0.717) is 34.4 Å². The third-order valence-corrected chi connectivity index (χ3v) is 4.32. The van der Waals surface area contributed by atoms with Crippen molar-refractivity contribution in [3.05, 3.63) is 64.8 Å². The fraction of sp³-hybridized carbons (Fsp3) is 0.167. The third kappa shape index (κ3) is 2.89. The summed E-state index contributed by atoms with van der Waals surface area (Å²) in [6.07, 6.45) is 3.53. The zero-order valence-electron chi connectivity index (χ0n) is 13.6. The quantitative estimate of drug-likeness (QED) is 0.540. The normalized spacial score (nSPS) is 11.4. The predicted octanol–water partition coefficient (Wildman–Crippen LogP) is 4.54. The molecule has 4 aromatic rings. The van der Waals surface area contributed by atoms with Crippen molar-refractivity contribution in [1.29, 1.82) is 0 Å². The molecule has 126 valence electrons. The first kappa shape index (κ1) is 15.8. The summed E-state index contributed by atoms with van der Waals surface area (Å²) < 4.78 is 20.6. The second-order valence-corrected chi connectivity index (χ2v) is 6.30. The summed E-state index contributed by atoms with van der Waals surface area (Å²) in [6.45, 7) is 3.91. The number of benzene rings is 1. The second-order valence-electron chi connectivity index (χ2n) is 5.90. The van der Waals surface area contributed by atoms with Gasteiger partial charge >= 0.3 is 0 Å². The smallest absolute Gasteiger partial charge is 0.246 e. The Morgan fingerprint density at radius 3 is 2.76 bits per heavy atom. The number of nitrogens with zero attached hydrogens (tertiary/aromatic N) is 4. The Hall–Kier alpha value is -2.73. The summed E-state index contributed by atoms with van der Waals surface area (Å²) in [6, 6.07) is 6.97. The van der Waals surface area contributed by atoms with Crippen molar-refractivity contribution in [3.63, 3.8) is 0 Å². The molecule has 0 aliphatic heterocycles. The van der Waals surface area contributed by atoms with Crippen LogP contribution in [0, 0.1) is 19.7 Å². The molecular weight excluding hydrogens is 343 g/mol. The first-order valence-corrected chi connectivity index (χ1v) is 8.09. The molecule has 3 aromatic heterocycles. The van der Waals surface area contributed by atoms with Gasteiger partial charge in [0.1, 0.15) is 17.9 Å². The van der Waals surface area contributed by atoms with Crippen molar-refractivity contribution < 1.29 is 8.91 Å². The molecule has 0 saturated carbocycles. The second kappa shape index (κ2) is 5.97. The number of aromatic nitrogens is 4. The zero-order valence-corrected chi connectivity index (χ0v) is 14.4. The largest absolute Gasteiger partial charge is 0.337 e. The number of hydrogen-bond donors (Lipinski definition) is 0. The van der Waals surface area contributed by atoms with Crippen LogP contribution >= 0.6 is 11.6 Å². The molecule has 1 aromatic carbocycles. The van der Waals surface area contributed by atoms with Crippen LogP contribution in [0.15, 0.2) is 41.2 Å². The molecule has 0 spiro atoms. The highest BCUT2D eigenvalue weighted by Crippen LogP contribution is 2.29. The summed E-state index contributed by atoms with van der Waals surface area (Å²) in [7, 11) is 0. The van der Waals surface area contributed by atoms with Gasteiger partial charge in [-0.05, 0) is 43.2 Å². The monoisotopic (exact) mass is 356 g/mol. The molecule has 0 unspecified atom stereocenters. The minimum atomic E-state index is -0.226. The summed E-state index contributed by atoms with van der Waals surface area (Å²) >= 11 is 6.29. The predicted molar refractivity (Wildman–Crippen MR) is 93.0 cm³/mol. The van der Waals surface area contributed by atoms with E-state index in [1.165, 1.54) is 6.07 Å². The minimum absolute atomic E-state index is 0.226. The third-order valence-electron chi connectivity index (χ3n) is 4.04. The molecule has 0 fully saturated rings. The minimum Gasteiger partial charge on any atom is -0.337 e. The van der Waals surface area contributed by atoms with Gasteiger partial charge in [0.2, 0.25) is 5.89 Å². The van der Waals surface area contributed by atoms with Crippen LogP contribution < -0.4 is 0 Å². The van der Waals surface area contributed by atoms with Crippen LogP contribution in [0.4, 0.5) is 4.39 Å². The summed E-state index contributed by atoms with van der Waals surface area (Å²) in [5.74, 6) is 0.850. The maximum atomic E-state index is 13.5. The van der Waals surface area contributed by atoms with Gasteiger partial charge in [-0.1, -0.05) is 22.8 Å². The average molecular weight is 357 g/mol. The van der Waals surface area contributed by atoms with Crippen LogP contribution in [-0.4, -0.2) is 19.7 Å². The lowest BCUT2D eigenvalue weighted by Gasteiger charge is -2.06. The maximum Gasteiger partial charge on any atom is 0.246 e. The van der Waals surface area contributed by atoms with Crippen LogP contribution in [-0.2, 0) is 6.54 Å². The molecule has 0 atom stereocenters. The lowest BCUT2D eigenvalue weighted by Crippen LogP contribution is -1.98. The number of pyridine rings is 1. The van der Waals surface area contributed by atoms with Gasteiger partial charge in [-0.25, -0.2) is 4.39 Å². The molecule has 25 heavy (non-hydrogen) atoms. The van der Waals surface area contributed by atoms with E-state index in [1.54, 1.807) is 38.4 Å². The van der Waals surface area contributed by atoms with E-state index in [0.717, 1.165) is 16.6 Å². The van der Waals surface area contributed by atoms with Crippen molar-refractivity contribution in [1.82, 2.24) is 19.7 Å². The highest BCUT2D eigenvalue weighted by atomic mass is 35.5. The number of halogens is 2. The van der Waals surface area contributed by atoms with E-state index in [9.17, 15) is 4.39 Å². The summed E-state index contributed by atoms with van der Waals surface area (Å²) in [4.78, 5) is 8.68. The molecule has 3 heterocycles. The zero-order chi connectivity index (χ0) is 17.6. The molecule has 0 bridgehead atoms. The van der Waals surface area contributed by atoms with E-state index in [2.05, 4.69) is 15.1 Å². The lowest BCUT2D eigenvalue weighted by molar-refractivity contribution is 0.369. The fourth-order valence-corrected chi connectivity index (χ4v) is 3.05. The van der Waals surface area contributed by atoms with Gasteiger partial charge < -0.3 is 9.09 Å². The van der Waals surface area contributed by atoms with Crippen molar-refractivity contribution >= 4 is 22.6 Å². The van der Waals surface area contributed by atoms with Crippen LogP contribution in [0.25, 0.3) is 22.2 Å². The first-order valence-electron chi connectivity index (χ1n) is 7.71. The molecule has 0 saturated heterocycles. The van der Waals surface area contributed by atoms with E-state index < -0.39 is 0 Å². The Bertz CT molecular complexity index is 1090. The van der Waals surface area contributed by atoms with E-state index in [1.807, 2.05) is 10.6 Å². The van der Waals surface area contributed by atoms with Crippen LogP contribution in [0.5, 0.6) is 0 Å². The molecule has 0 N–H and O–H groups in total. The Morgan fingerprint density at radius 1 is 1.20 bits per heavy atom. The number of rotatable bonds is 3. The van der Waals surface area contributed by atoms with Crippen LogP contribution in [0.1, 0.15) is 17.3 Å². The lowest BCUT2D eigenvalue weighted by atomic mass is 10.0. The van der Waals surface area contributed by atoms with Gasteiger partial charge in [0, 0.05) is 18.0 Å². The van der Waals surface area contributed by atoms with Crippen molar-refractivity contribution in [3.8, 4) is 11.1 Å². The van der Waals surface area contributed by atoms with E-state index >= 15 is 0 Å². The summed E-state index contributed by atoms with van der Waals surface area (Å²) in [5, 5.41) is 4.35. The Kier molecular flexibility index (Phi) is 3.77. The SMILES string of the molecule is Cc1noc(Cn2cc(Cl)c3ncc(-c4ccc(F)c(C)c4)cc32)n1. The highest BCUT2D eigenvalue weighted by Gasteiger charge is 2.13. The molecule has 0 aliphatic carbocycles. The Morgan fingerprint density at radius 2 is 2.04 bits per heavy atom. The van der Waals surface area contributed by atoms with Gasteiger partial charge in [0.25, 0.3) is 0 Å². The van der Waals surface area contributed by atoms with Crippen molar-refractivity contribution in [2.75, 3.05) is 0 Å². The van der Waals surface area contributed by atoms with Gasteiger partial charge in [-0.15, -0.1) is 0 Å². The van der Waals surface area contributed by atoms with Gasteiger partial charge in [-0.2, -0.15) is 4.98 Å². The maximum absolute atomic E-state index is 13.5. The van der Waals surface area contributed by atoms with Gasteiger partial charge in [-0.3, -0.25) is 4.98 Å². The average Bonchev–Trinajstić information content (AvgIpc) is 3.14. The molecule has 5 nitrogen and oxygen atoms in total. The van der Waals surface area contributed by atoms with Crippen molar-refractivity contribution in [2.24, 2.45) is 0 Å². The van der Waals surface area contributed by atoms with Gasteiger partial charge in [0.05, 0.1) is 10.5 Å². The summed E-state index contributed by atoms with van der Waals surface area (Å²) in [5.41, 5.74) is 3.91. The molecule has 7 heteroatoms. The molecule has 4 rings (SSSR count). The number of fused-ring (bicyclic) bond motifs is 1. The first-order chi connectivity index (χ1) is 12.0. The molecular formula is C18H14ClFN4O. The fourth-order valence-electron chi connectivity index (χ4n) is 2.79. The van der Waals surface area contributed by atoms with E-state index in [-0.39, 0.29) is 5.82 Å². The Labute approximate surface area is 148 Å². The van der Waals surface area contributed by atoms with E-state index in [4.69, 9.17) is 16.1 Å². The standard InChI is InChI=1S/C18H14ClFN4O/c1-10-5-12(3-4-15(10)20)13-6-16-18(21-7-13)14(19)8-24(16)9-17-22-11(2)23-25-17/h3-8H,9H2,1-2H3. The number of hydrogen-bond acceptors (Lipinski definition) is 4. The molecule has 0 radical (unpaired) electrons. The van der Waals surface area contributed by atoms with Crippen LogP contribution in [0.2, 0.25) is 5.02 Å². The Balaban J connectivity index is 1.80. The van der Waals surface area contributed by atoms with Crippen molar-refractivity contribution in [2.45, 2.75) is 20.4 Å². The number of aryl methyl sites for hydroxylation is 2. The van der Waals surface area contributed by atoms with Gasteiger partial charge in [0.15, 0.2) is 5.82 Å². The molecule has 0 amide bonds. The molecule has 0 aliphatic rings. The highest BCUT2D eigenvalue weighted by molar-refractivity contribution is 6.35. The van der Waals surface area contributed by atoms with Crippen LogP contribution in [0.3, 0.4) is 0 Å². The topological polar surface area (TPSA) is 56.7 Å².